The van der Waals surface area contributed by atoms with Crippen molar-refractivity contribution in [2.24, 2.45) is 0 Å². The maximum absolute atomic E-state index is 11.4. The average molecular weight is 190 g/mol. The first kappa shape index (κ1) is 9.19. The van der Waals surface area contributed by atoms with Crippen LogP contribution in [0.5, 0.6) is 0 Å². The van der Waals surface area contributed by atoms with Gasteiger partial charge in [-0.1, -0.05) is 6.07 Å². The molecule has 3 nitrogen and oxygen atoms in total. The maximum Gasteiger partial charge on any atom is 0.225 e. The molecule has 14 heavy (non-hydrogen) atoms. The first-order valence-corrected chi connectivity index (χ1v) is 4.93. The molecule has 74 valence electrons. The largest absolute Gasteiger partial charge is 0.297 e. The lowest BCUT2D eigenvalue weighted by atomic mass is 10.1. The molecule has 1 aliphatic rings. The highest BCUT2D eigenvalue weighted by atomic mass is 16.2. The predicted molar refractivity (Wildman–Crippen MR) is 55.3 cm³/mol. The van der Waals surface area contributed by atoms with Gasteiger partial charge in [0.05, 0.1) is 0 Å². The van der Waals surface area contributed by atoms with Crippen molar-refractivity contribution in [2.45, 2.75) is 26.7 Å². The van der Waals surface area contributed by atoms with E-state index in [-0.39, 0.29) is 5.91 Å². The lowest BCUT2D eigenvalue weighted by Crippen LogP contribution is -2.34. The Kier molecular flexibility index (Phi) is 2.23. The van der Waals surface area contributed by atoms with E-state index >= 15 is 0 Å². The van der Waals surface area contributed by atoms with Gasteiger partial charge in [0.15, 0.2) is 0 Å². The highest BCUT2D eigenvalue weighted by Crippen LogP contribution is 2.24. The van der Waals surface area contributed by atoms with Crippen LogP contribution >= 0.6 is 0 Å². The van der Waals surface area contributed by atoms with Crippen molar-refractivity contribution in [1.29, 1.82) is 0 Å². The summed E-state index contributed by atoms with van der Waals surface area (Å²) in [6.45, 7) is 4.35. The second kappa shape index (κ2) is 3.40. The average Bonchev–Trinajstić information content (AvgIpc) is 2.16. The summed E-state index contributed by atoms with van der Waals surface area (Å²) in [6.07, 6.45) is 2.07. The van der Waals surface area contributed by atoms with Crippen LogP contribution in [0, 0.1) is 6.92 Å². The Morgan fingerprint density at radius 2 is 2.29 bits per heavy atom. The summed E-state index contributed by atoms with van der Waals surface area (Å²) in [5, 5.41) is 0. The van der Waals surface area contributed by atoms with Crippen molar-refractivity contribution in [2.75, 3.05) is 11.4 Å². The number of rotatable bonds is 0. The molecule has 0 unspecified atom stereocenters. The summed E-state index contributed by atoms with van der Waals surface area (Å²) in [6, 6.07) is 4.08. The van der Waals surface area contributed by atoms with Gasteiger partial charge in [0.1, 0.15) is 5.82 Å². The molecule has 0 bridgehead atoms. The number of carbonyl (C=O) groups is 1. The number of amides is 1. The first-order chi connectivity index (χ1) is 6.68. The fraction of sp³-hybridized carbons (Fsp3) is 0.455. The van der Waals surface area contributed by atoms with Gasteiger partial charge in [0, 0.05) is 19.2 Å². The summed E-state index contributed by atoms with van der Waals surface area (Å²) in [5.74, 6) is 0.952. The van der Waals surface area contributed by atoms with E-state index in [1.54, 1.807) is 11.8 Å². The molecule has 0 N–H and O–H groups in total. The van der Waals surface area contributed by atoms with Crippen molar-refractivity contribution in [1.82, 2.24) is 4.98 Å². The van der Waals surface area contributed by atoms with E-state index in [9.17, 15) is 4.79 Å². The van der Waals surface area contributed by atoms with Gasteiger partial charge in [-0.15, -0.1) is 0 Å². The van der Waals surface area contributed by atoms with Crippen LogP contribution in [0.3, 0.4) is 0 Å². The zero-order valence-electron chi connectivity index (χ0n) is 8.58. The molecule has 2 heterocycles. The molecule has 0 saturated carbocycles. The van der Waals surface area contributed by atoms with Crippen molar-refractivity contribution in [3.05, 3.63) is 23.4 Å². The molecule has 0 spiro atoms. The molecule has 0 fully saturated rings. The zero-order valence-corrected chi connectivity index (χ0v) is 8.58. The van der Waals surface area contributed by atoms with Gasteiger partial charge in [-0.05, 0) is 31.4 Å². The second-order valence-corrected chi connectivity index (χ2v) is 3.71. The van der Waals surface area contributed by atoms with E-state index in [1.807, 2.05) is 13.0 Å². The number of carbonyl (C=O) groups excluding carboxylic acids is 1. The molecule has 2 rings (SSSR count). The molecule has 0 aliphatic carbocycles. The van der Waals surface area contributed by atoms with Crippen molar-refractivity contribution in [3.8, 4) is 0 Å². The summed E-state index contributed by atoms with van der Waals surface area (Å²) >= 11 is 0. The maximum atomic E-state index is 11.4. The van der Waals surface area contributed by atoms with Crippen molar-refractivity contribution < 1.29 is 4.79 Å². The molecule has 3 heteroatoms. The van der Waals surface area contributed by atoms with Gasteiger partial charge in [0.2, 0.25) is 5.91 Å². The lowest BCUT2D eigenvalue weighted by Gasteiger charge is -2.27. The standard InChI is InChI=1S/C11H14N2O/c1-8-5-6-10-4-3-7-13(9(2)14)11(10)12-8/h5-6H,3-4,7H2,1-2H3. The minimum absolute atomic E-state index is 0.0871. The summed E-state index contributed by atoms with van der Waals surface area (Å²) in [4.78, 5) is 17.5. The number of aromatic nitrogens is 1. The molecule has 0 aromatic carbocycles. The molecule has 0 saturated heterocycles. The van der Waals surface area contributed by atoms with Gasteiger partial charge in [-0.25, -0.2) is 4.98 Å². The number of anilines is 1. The van der Waals surface area contributed by atoms with Crippen LogP contribution < -0.4 is 4.90 Å². The number of pyridine rings is 1. The molecule has 1 aromatic heterocycles. The highest BCUT2D eigenvalue weighted by molar-refractivity contribution is 5.91. The minimum atomic E-state index is 0.0871. The van der Waals surface area contributed by atoms with Crippen LogP contribution in [0.2, 0.25) is 0 Å². The molecule has 1 aliphatic heterocycles. The number of nitrogens with zero attached hydrogens (tertiary/aromatic N) is 2. The van der Waals surface area contributed by atoms with Crippen LogP contribution in [-0.4, -0.2) is 17.4 Å². The van der Waals surface area contributed by atoms with Crippen LogP contribution in [0.4, 0.5) is 5.82 Å². The monoisotopic (exact) mass is 190 g/mol. The normalized spacial score (nSPS) is 15.1. The van der Waals surface area contributed by atoms with E-state index in [0.29, 0.717) is 0 Å². The van der Waals surface area contributed by atoms with E-state index in [1.165, 1.54) is 5.56 Å². The number of hydrogen-bond donors (Lipinski definition) is 0. The van der Waals surface area contributed by atoms with Gasteiger partial charge in [-0.2, -0.15) is 0 Å². The lowest BCUT2D eigenvalue weighted by molar-refractivity contribution is -0.116. The fourth-order valence-electron chi connectivity index (χ4n) is 1.84. The first-order valence-electron chi connectivity index (χ1n) is 4.93. The van der Waals surface area contributed by atoms with Crippen LogP contribution in [0.1, 0.15) is 24.6 Å². The Bertz CT molecular complexity index is 374. The molecular weight excluding hydrogens is 176 g/mol. The molecule has 1 amide bonds. The highest BCUT2D eigenvalue weighted by Gasteiger charge is 2.20. The van der Waals surface area contributed by atoms with E-state index in [0.717, 1.165) is 30.9 Å². The van der Waals surface area contributed by atoms with Gasteiger partial charge in [-0.3, -0.25) is 9.69 Å². The summed E-state index contributed by atoms with van der Waals surface area (Å²) in [7, 11) is 0. The number of aryl methyl sites for hydroxylation is 2. The third-order valence-corrected chi connectivity index (χ3v) is 2.56. The third-order valence-electron chi connectivity index (χ3n) is 2.56. The minimum Gasteiger partial charge on any atom is -0.297 e. The number of fused-ring (bicyclic) bond motifs is 1. The number of hydrogen-bond acceptors (Lipinski definition) is 2. The van der Waals surface area contributed by atoms with Gasteiger partial charge in [0.25, 0.3) is 0 Å². The predicted octanol–water partition coefficient (Wildman–Crippen LogP) is 1.69. The second-order valence-electron chi connectivity index (χ2n) is 3.71. The Hall–Kier alpha value is -1.38. The molecule has 0 radical (unpaired) electrons. The Labute approximate surface area is 83.8 Å². The SMILES string of the molecule is CC(=O)N1CCCc2ccc(C)nc21. The Morgan fingerprint density at radius 3 is 3.00 bits per heavy atom. The Balaban J connectivity index is 2.46. The zero-order chi connectivity index (χ0) is 10.1. The van der Waals surface area contributed by atoms with E-state index < -0.39 is 0 Å². The molecule has 1 aromatic rings. The topological polar surface area (TPSA) is 33.2 Å². The van der Waals surface area contributed by atoms with Gasteiger partial charge < -0.3 is 0 Å². The third kappa shape index (κ3) is 1.50. The molecule has 0 atom stereocenters. The van der Waals surface area contributed by atoms with Crippen molar-refractivity contribution in [3.63, 3.8) is 0 Å². The fourth-order valence-corrected chi connectivity index (χ4v) is 1.84. The van der Waals surface area contributed by atoms with Gasteiger partial charge >= 0.3 is 0 Å². The molecular formula is C11H14N2O. The Morgan fingerprint density at radius 1 is 1.50 bits per heavy atom. The van der Waals surface area contributed by atoms with E-state index in [2.05, 4.69) is 11.1 Å². The van der Waals surface area contributed by atoms with Crippen LogP contribution in [0.15, 0.2) is 12.1 Å². The van der Waals surface area contributed by atoms with E-state index in [4.69, 9.17) is 0 Å². The summed E-state index contributed by atoms with van der Waals surface area (Å²) in [5.41, 5.74) is 2.16. The smallest absolute Gasteiger partial charge is 0.225 e. The quantitative estimate of drug-likeness (QED) is 0.623. The van der Waals surface area contributed by atoms with Crippen LogP contribution in [-0.2, 0) is 11.2 Å². The van der Waals surface area contributed by atoms with Crippen molar-refractivity contribution >= 4 is 11.7 Å². The van der Waals surface area contributed by atoms with Crippen LogP contribution in [0.25, 0.3) is 0 Å². The summed E-state index contributed by atoms with van der Waals surface area (Å²) < 4.78 is 0.